The van der Waals surface area contributed by atoms with Crippen LogP contribution in [0.1, 0.15) is 20.8 Å². The molecule has 6 atom stereocenters. The van der Waals surface area contributed by atoms with E-state index >= 15 is 0 Å². The third-order valence-electron chi connectivity index (χ3n) is 8.88. The SMILES string of the molecule is CC(C)[C@H](CO)N1C(=O)[C@@H]2[C@H]3C(=O)N(C)CC=C[C@@]3(C)S[C@@]23C=CCN(CCN2CCOCC2)C(=O)C13. The fraction of sp³-hybridized carbons (Fsp3) is 0.741. The number of nitrogens with zero attached hydrogens (tertiary/aromatic N) is 4. The molecule has 3 amide bonds. The molecule has 10 heteroatoms. The third kappa shape index (κ3) is 4.24. The minimum Gasteiger partial charge on any atom is -0.394 e. The van der Waals surface area contributed by atoms with Crippen molar-refractivity contribution in [2.24, 2.45) is 17.8 Å². The second-order valence-electron chi connectivity index (χ2n) is 11.5. The number of rotatable bonds is 6. The molecule has 37 heavy (non-hydrogen) atoms. The lowest BCUT2D eigenvalue weighted by Gasteiger charge is -2.41. The van der Waals surface area contributed by atoms with Crippen molar-refractivity contribution < 1.29 is 24.2 Å². The molecule has 0 aromatic carbocycles. The van der Waals surface area contributed by atoms with Crippen LogP contribution in [0, 0.1) is 17.8 Å². The lowest BCUT2D eigenvalue weighted by Crippen LogP contribution is -2.58. The quantitative estimate of drug-likeness (QED) is 0.497. The van der Waals surface area contributed by atoms with Gasteiger partial charge in [0, 0.05) is 51.1 Å². The highest BCUT2D eigenvalue weighted by Crippen LogP contribution is 2.65. The Bertz CT molecular complexity index is 997. The summed E-state index contributed by atoms with van der Waals surface area (Å²) in [5.74, 6) is -1.64. The number of thioether (sulfide) groups is 1. The molecule has 3 fully saturated rings. The zero-order valence-electron chi connectivity index (χ0n) is 22.3. The monoisotopic (exact) mass is 532 g/mol. The van der Waals surface area contributed by atoms with E-state index in [1.807, 2.05) is 43.9 Å². The Labute approximate surface area is 223 Å². The van der Waals surface area contributed by atoms with Crippen molar-refractivity contribution in [3.63, 3.8) is 0 Å². The van der Waals surface area contributed by atoms with Crippen molar-refractivity contribution in [3.8, 4) is 0 Å². The number of hydrogen-bond donors (Lipinski definition) is 1. The Kier molecular flexibility index (Phi) is 7.23. The van der Waals surface area contributed by atoms with Gasteiger partial charge in [-0.25, -0.2) is 0 Å². The van der Waals surface area contributed by atoms with E-state index in [0.717, 1.165) is 19.6 Å². The van der Waals surface area contributed by atoms with Crippen LogP contribution in [-0.4, -0.2) is 130 Å². The van der Waals surface area contributed by atoms with Crippen molar-refractivity contribution in [3.05, 3.63) is 24.3 Å². The summed E-state index contributed by atoms with van der Waals surface area (Å²) in [6.07, 6.45) is 8.13. The Morgan fingerprint density at radius 2 is 1.73 bits per heavy atom. The minimum atomic E-state index is -0.873. The van der Waals surface area contributed by atoms with Crippen LogP contribution in [0.15, 0.2) is 24.3 Å². The van der Waals surface area contributed by atoms with Gasteiger partial charge in [0.05, 0.1) is 42.4 Å². The Hall–Kier alpha value is -1.88. The lowest BCUT2D eigenvalue weighted by atomic mass is 9.74. The molecule has 9 nitrogen and oxygen atoms in total. The molecule has 1 spiro atoms. The van der Waals surface area contributed by atoms with Gasteiger partial charge in [0.2, 0.25) is 17.7 Å². The molecular formula is C27H40N4O5S. The van der Waals surface area contributed by atoms with Crippen LogP contribution in [0.25, 0.3) is 0 Å². The van der Waals surface area contributed by atoms with Crippen molar-refractivity contribution in [1.82, 2.24) is 19.6 Å². The summed E-state index contributed by atoms with van der Waals surface area (Å²) in [5, 5.41) is 10.4. The largest absolute Gasteiger partial charge is 0.394 e. The summed E-state index contributed by atoms with van der Waals surface area (Å²) in [7, 11) is 1.77. The van der Waals surface area contributed by atoms with E-state index < -0.39 is 33.4 Å². The molecule has 0 radical (unpaired) electrons. The molecule has 5 heterocycles. The number of hydrogen-bond acceptors (Lipinski definition) is 7. The number of fused-ring (bicyclic) bond motifs is 2. The molecule has 0 aliphatic carbocycles. The second-order valence-corrected chi connectivity index (χ2v) is 13.3. The van der Waals surface area contributed by atoms with Gasteiger partial charge >= 0.3 is 0 Å². The van der Waals surface area contributed by atoms with E-state index in [-0.39, 0.29) is 30.2 Å². The second kappa shape index (κ2) is 10.0. The Morgan fingerprint density at radius 1 is 1.03 bits per heavy atom. The van der Waals surface area contributed by atoms with Crippen LogP contribution in [-0.2, 0) is 19.1 Å². The molecule has 3 saturated heterocycles. The highest BCUT2D eigenvalue weighted by Gasteiger charge is 2.74. The predicted molar refractivity (Wildman–Crippen MR) is 142 cm³/mol. The standard InChI is InChI=1S/C27H40N4O5S/c1-18(2)19(17-32)31-22-25(35)30(12-11-29-13-15-36-16-14-29)10-6-8-27(22)21(24(31)34)20-23(33)28(4)9-5-7-26(20,3)37-27/h5-8,18-22,32H,9-17H2,1-4H3/t19-,20-,21-,22?,26+,27-/m0/s1. The number of carbonyl (C=O) groups is 3. The number of ether oxygens (including phenoxy) is 1. The fourth-order valence-electron chi connectivity index (χ4n) is 6.89. The molecule has 5 rings (SSSR count). The highest BCUT2D eigenvalue weighted by atomic mass is 32.2. The summed E-state index contributed by atoms with van der Waals surface area (Å²) in [6.45, 7) is 11.1. The Morgan fingerprint density at radius 3 is 2.41 bits per heavy atom. The molecule has 5 aliphatic heterocycles. The fourth-order valence-corrected chi connectivity index (χ4v) is 9.04. The van der Waals surface area contributed by atoms with Crippen LogP contribution < -0.4 is 0 Å². The van der Waals surface area contributed by atoms with Crippen LogP contribution in [0.3, 0.4) is 0 Å². The Balaban J connectivity index is 1.55. The average Bonchev–Trinajstić information content (AvgIpc) is 3.14. The number of amides is 3. The van der Waals surface area contributed by atoms with Gasteiger partial charge in [0.25, 0.3) is 0 Å². The minimum absolute atomic E-state index is 0.0459. The average molecular weight is 533 g/mol. The molecule has 0 bridgehead atoms. The van der Waals surface area contributed by atoms with Crippen LogP contribution in [0.4, 0.5) is 0 Å². The van der Waals surface area contributed by atoms with Gasteiger partial charge in [-0.2, -0.15) is 0 Å². The van der Waals surface area contributed by atoms with E-state index in [1.165, 1.54) is 0 Å². The molecule has 0 saturated carbocycles. The van der Waals surface area contributed by atoms with Crippen LogP contribution in [0.2, 0.25) is 0 Å². The topological polar surface area (TPSA) is 93.6 Å². The van der Waals surface area contributed by atoms with E-state index in [9.17, 15) is 19.5 Å². The van der Waals surface area contributed by atoms with Gasteiger partial charge in [0.15, 0.2) is 0 Å². The third-order valence-corrected chi connectivity index (χ3v) is 10.7. The molecule has 204 valence electrons. The number of likely N-dealkylation sites (N-methyl/N-ethyl adjacent to an activating group) is 1. The lowest BCUT2D eigenvalue weighted by molar-refractivity contribution is -0.148. The maximum absolute atomic E-state index is 14.4. The van der Waals surface area contributed by atoms with Crippen molar-refractivity contribution in [2.45, 2.75) is 42.3 Å². The van der Waals surface area contributed by atoms with E-state index in [1.54, 1.807) is 28.6 Å². The first-order valence-electron chi connectivity index (χ1n) is 13.5. The summed E-state index contributed by atoms with van der Waals surface area (Å²) >= 11 is 1.59. The van der Waals surface area contributed by atoms with Crippen molar-refractivity contribution in [1.29, 1.82) is 0 Å². The van der Waals surface area contributed by atoms with E-state index in [0.29, 0.717) is 32.8 Å². The predicted octanol–water partition coefficient (Wildman–Crippen LogP) is 0.450. The van der Waals surface area contributed by atoms with Crippen LogP contribution >= 0.6 is 11.8 Å². The van der Waals surface area contributed by atoms with Gasteiger partial charge in [-0.3, -0.25) is 19.3 Å². The number of aliphatic hydroxyl groups is 1. The van der Waals surface area contributed by atoms with E-state index in [2.05, 4.69) is 11.0 Å². The first-order chi connectivity index (χ1) is 17.6. The summed E-state index contributed by atoms with van der Waals surface area (Å²) in [5.41, 5.74) is 0. The number of likely N-dealkylation sites (tertiary alicyclic amines) is 1. The van der Waals surface area contributed by atoms with Gasteiger partial charge in [-0.1, -0.05) is 38.2 Å². The van der Waals surface area contributed by atoms with Gasteiger partial charge in [-0.15, -0.1) is 11.8 Å². The van der Waals surface area contributed by atoms with Crippen LogP contribution in [0.5, 0.6) is 0 Å². The molecule has 1 unspecified atom stereocenters. The summed E-state index contributed by atoms with van der Waals surface area (Å²) in [4.78, 5) is 50.0. The normalized spacial score (nSPS) is 37.1. The smallest absolute Gasteiger partial charge is 0.247 e. The maximum Gasteiger partial charge on any atom is 0.247 e. The maximum atomic E-state index is 14.4. The van der Waals surface area contributed by atoms with Crippen molar-refractivity contribution >= 4 is 29.5 Å². The number of morpholine rings is 1. The molecule has 0 aromatic heterocycles. The van der Waals surface area contributed by atoms with Gasteiger partial charge < -0.3 is 24.5 Å². The first-order valence-corrected chi connectivity index (χ1v) is 14.3. The summed E-state index contributed by atoms with van der Waals surface area (Å²) < 4.78 is 3.99. The van der Waals surface area contributed by atoms with Crippen molar-refractivity contribution in [2.75, 3.05) is 66.1 Å². The number of carbonyl (C=O) groups excluding carboxylic acids is 3. The molecule has 5 aliphatic rings. The molecule has 1 N–H and O–H groups in total. The summed E-state index contributed by atoms with van der Waals surface area (Å²) in [6, 6.07) is -1.27. The van der Waals surface area contributed by atoms with Gasteiger partial charge in [0.1, 0.15) is 6.04 Å². The number of aliphatic hydroxyl groups excluding tert-OH is 1. The van der Waals surface area contributed by atoms with Gasteiger partial charge in [-0.05, 0) is 12.8 Å². The molecule has 0 aromatic rings. The van der Waals surface area contributed by atoms with E-state index in [4.69, 9.17) is 4.74 Å². The zero-order chi connectivity index (χ0) is 26.5. The first kappa shape index (κ1) is 26.7. The molecular weight excluding hydrogens is 492 g/mol. The zero-order valence-corrected chi connectivity index (χ0v) is 23.2. The highest BCUT2D eigenvalue weighted by molar-refractivity contribution is 8.02.